The van der Waals surface area contributed by atoms with Gasteiger partial charge in [-0.15, -0.1) is 0 Å². The third-order valence-corrected chi connectivity index (χ3v) is 3.80. The molecule has 0 fully saturated rings. The van der Waals surface area contributed by atoms with Crippen molar-refractivity contribution in [3.63, 3.8) is 0 Å². The molecule has 0 atom stereocenters. The third-order valence-electron chi connectivity index (χ3n) is 3.80. The molecule has 0 saturated carbocycles. The second-order valence-electron chi connectivity index (χ2n) is 5.28. The van der Waals surface area contributed by atoms with Gasteiger partial charge >= 0.3 is 0 Å². The number of pyridine rings is 1. The van der Waals surface area contributed by atoms with Crippen LogP contribution in [0.5, 0.6) is 0 Å². The molecular weight excluding hydrogens is 268 g/mol. The molecule has 0 radical (unpaired) electrons. The van der Waals surface area contributed by atoms with Crippen LogP contribution in [0.1, 0.15) is 36.6 Å². The van der Waals surface area contributed by atoms with Crippen LogP contribution in [0.4, 0.5) is 5.82 Å². The molecular formula is C15H24N4O2. The summed E-state index contributed by atoms with van der Waals surface area (Å²) in [6, 6.07) is 2.02. The van der Waals surface area contributed by atoms with Crippen LogP contribution in [-0.2, 0) is 17.6 Å². The molecule has 6 heteroatoms. The number of likely N-dealkylation sites (N-methyl/N-ethyl adjacent to an activating group) is 1. The van der Waals surface area contributed by atoms with E-state index in [1.165, 1.54) is 18.4 Å². The number of aryl methyl sites for hydroxylation is 2. The number of oxime groups is 1. The van der Waals surface area contributed by atoms with Gasteiger partial charge in [-0.1, -0.05) is 5.16 Å². The van der Waals surface area contributed by atoms with E-state index >= 15 is 0 Å². The smallest absolute Gasteiger partial charge is 0.173 e. The number of nitrogens with zero attached hydrogens (tertiary/aromatic N) is 3. The minimum Gasteiger partial charge on any atom is -0.409 e. The zero-order valence-corrected chi connectivity index (χ0v) is 12.8. The number of rotatable bonds is 6. The Kier molecular flexibility index (Phi) is 5.38. The summed E-state index contributed by atoms with van der Waals surface area (Å²) in [5.41, 5.74) is 8.86. The maximum Gasteiger partial charge on any atom is 0.173 e. The van der Waals surface area contributed by atoms with Crippen LogP contribution in [0, 0.1) is 0 Å². The Labute approximate surface area is 125 Å². The van der Waals surface area contributed by atoms with Gasteiger partial charge in [0.1, 0.15) is 5.82 Å². The second-order valence-corrected chi connectivity index (χ2v) is 5.28. The summed E-state index contributed by atoms with van der Waals surface area (Å²) in [6.45, 7) is 4.00. The predicted octanol–water partition coefficient (Wildman–Crippen LogP) is 1.53. The largest absolute Gasteiger partial charge is 0.409 e. The topological polar surface area (TPSA) is 84.0 Å². The van der Waals surface area contributed by atoms with Gasteiger partial charge in [0.05, 0.1) is 12.2 Å². The van der Waals surface area contributed by atoms with Crippen molar-refractivity contribution in [2.24, 2.45) is 10.9 Å². The highest BCUT2D eigenvalue weighted by Crippen LogP contribution is 2.26. The molecule has 0 spiro atoms. The molecule has 1 aliphatic carbocycles. The molecule has 21 heavy (non-hydrogen) atoms. The average molecular weight is 292 g/mol. The minimum absolute atomic E-state index is 0.106. The van der Waals surface area contributed by atoms with Crippen LogP contribution in [0.2, 0.25) is 0 Å². The number of nitrogens with two attached hydrogens (primary N) is 1. The monoisotopic (exact) mass is 292 g/mol. The molecule has 1 heterocycles. The maximum absolute atomic E-state index is 9.00. The van der Waals surface area contributed by atoms with E-state index in [2.05, 4.69) is 5.16 Å². The van der Waals surface area contributed by atoms with Crippen molar-refractivity contribution >= 4 is 11.7 Å². The first-order chi connectivity index (χ1) is 10.2. The number of ether oxygens (including phenoxy) is 1. The van der Waals surface area contributed by atoms with E-state index in [1.54, 1.807) is 0 Å². The lowest BCUT2D eigenvalue weighted by Gasteiger charge is -2.24. The summed E-state index contributed by atoms with van der Waals surface area (Å²) in [5.74, 6) is 0.861. The van der Waals surface area contributed by atoms with Crippen molar-refractivity contribution in [1.82, 2.24) is 4.98 Å². The number of fused-ring (bicyclic) bond motifs is 1. The number of anilines is 1. The molecule has 0 bridgehead atoms. The fourth-order valence-electron chi connectivity index (χ4n) is 2.61. The van der Waals surface area contributed by atoms with Gasteiger partial charge in [0.25, 0.3) is 0 Å². The zero-order chi connectivity index (χ0) is 15.2. The zero-order valence-electron chi connectivity index (χ0n) is 12.8. The lowest BCUT2D eigenvalue weighted by atomic mass is 9.94. The van der Waals surface area contributed by atoms with Gasteiger partial charge in [-0.3, -0.25) is 0 Å². The lowest BCUT2D eigenvalue weighted by Crippen LogP contribution is -2.28. The van der Waals surface area contributed by atoms with Gasteiger partial charge in [0.15, 0.2) is 5.84 Å². The van der Waals surface area contributed by atoms with Gasteiger partial charge < -0.3 is 20.6 Å². The van der Waals surface area contributed by atoms with Gasteiger partial charge in [0, 0.05) is 25.9 Å². The normalized spacial score (nSPS) is 14.9. The molecule has 2 rings (SSSR count). The quantitative estimate of drug-likeness (QED) is 0.273. The number of hydrogen-bond acceptors (Lipinski definition) is 5. The minimum atomic E-state index is 0.106. The summed E-state index contributed by atoms with van der Waals surface area (Å²) < 4.78 is 5.38. The molecule has 6 nitrogen and oxygen atoms in total. The molecule has 3 N–H and O–H groups in total. The van der Waals surface area contributed by atoms with E-state index < -0.39 is 0 Å². The second kappa shape index (κ2) is 7.26. The highest BCUT2D eigenvalue weighted by atomic mass is 16.5. The summed E-state index contributed by atoms with van der Waals surface area (Å²) >= 11 is 0. The van der Waals surface area contributed by atoms with Crippen molar-refractivity contribution in [3.8, 4) is 0 Å². The van der Waals surface area contributed by atoms with Crippen LogP contribution in [0.15, 0.2) is 11.2 Å². The molecule has 1 aliphatic rings. The summed E-state index contributed by atoms with van der Waals surface area (Å²) in [6.07, 6.45) is 4.35. The van der Waals surface area contributed by atoms with E-state index in [-0.39, 0.29) is 5.84 Å². The molecule has 0 unspecified atom stereocenters. The van der Waals surface area contributed by atoms with Crippen LogP contribution in [-0.4, -0.2) is 42.8 Å². The molecule has 0 aliphatic heterocycles. The standard InChI is InChI=1S/C15H24N4O2/c1-3-21-9-8-19(2)15-12(14(16)18-20)10-11-6-4-5-7-13(11)17-15/h10,20H,3-9H2,1-2H3,(H2,16,18). The average Bonchev–Trinajstić information content (AvgIpc) is 2.53. The number of hydrogen-bond donors (Lipinski definition) is 2. The Morgan fingerprint density at radius 1 is 1.48 bits per heavy atom. The Bertz CT molecular complexity index is 517. The Morgan fingerprint density at radius 3 is 2.95 bits per heavy atom. The highest BCUT2D eigenvalue weighted by molar-refractivity contribution is 6.01. The SMILES string of the molecule is CCOCCN(C)c1nc2c(cc1C(N)=NO)CCCC2. The Balaban J connectivity index is 2.32. The van der Waals surface area contributed by atoms with Crippen LogP contribution in [0.25, 0.3) is 0 Å². The van der Waals surface area contributed by atoms with E-state index in [1.807, 2.05) is 24.9 Å². The van der Waals surface area contributed by atoms with E-state index in [9.17, 15) is 0 Å². The van der Waals surface area contributed by atoms with Crippen LogP contribution in [0.3, 0.4) is 0 Å². The first-order valence-electron chi connectivity index (χ1n) is 7.47. The van der Waals surface area contributed by atoms with Gasteiger partial charge in [0.2, 0.25) is 0 Å². The van der Waals surface area contributed by atoms with E-state index in [0.29, 0.717) is 25.3 Å². The van der Waals surface area contributed by atoms with Crippen LogP contribution < -0.4 is 10.6 Å². The number of aromatic nitrogens is 1. The van der Waals surface area contributed by atoms with Gasteiger partial charge in [-0.25, -0.2) is 4.98 Å². The van der Waals surface area contributed by atoms with Crippen LogP contribution >= 0.6 is 0 Å². The summed E-state index contributed by atoms with van der Waals surface area (Å²) in [7, 11) is 1.95. The molecule has 116 valence electrons. The molecule has 0 amide bonds. The first kappa shape index (κ1) is 15.6. The van der Waals surface area contributed by atoms with Crippen molar-refractivity contribution in [1.29, 1.82) is 0 Å². The highest BCUT2D eigenvalue weighted by Gasteiger charge is 2.19. The fourth-order valence-corrected chi connectivity index (χ4v) is 2.61. The maximum atomic E-state index is 9.00. The Hall–Kier alpha value is -1.82. The molecule has 0 aromatic carbocycles. The Morgan fingerprint density at radius 2 is 2.24 bits per heavy atom. The molecule has 0 saturated heterocycles. The van der Waals surface area contributed by atoms with E-state index in [0.717, 1.165) is 24.4 Å². The van der Waals surface area contributed by atoms with E-state index in [4.69, 9.17) is 20.7 Å². The van der Waals surface area contributed by atoms with Crippen molar-refractivity contribution in [2.75, 3.05) is 31.7 Å². The molecule has 1 aromatic heterocycles. The van der Waals surface area contributed by atoms with Crippen molar-refractivity contribution < 1.29 is 9.94 Å². The first-order valence-corrected chi connectivity index (χ1v) is 7.47. The summed E-state index contributed by atoms with van der Waals surface area (Å²) in [4.78, 5) is 6.76. The summed E-state index contributed by atoms with van der Waals surface area (Å²) in [5, 5.41) is 12.1. The lowest BCUT2D eigenvalue weighted by molar-refractivity contribution is 0.154. The predicted molar refractivity (Wildman–Crippen MR) is 83.2 cm³/mol. The van der Waals surface area contributed by atoms with Crippen molar-refractivity contribution in [3.05, 3.63) is 22.9 Å². The van der Waals surface area contributed by atoms with Gasteiger partial charge in [-0.2, -0.15) is 0 Å². The molecule has 1 aromatic rings. The van der Waals surface area contributed by atoms with Gasteiger partial charge in [-0.05, 0) is 44.2 Å². The van der Waals surface area contributed by atoms with Crippen molar-refractivity contribution in [2.45, 2.75) is 32.6 Å². The fraction of sp³-hybridized carbons (Fsp3) is 0.600. The third kappa shape index (κ3) is 3.64. The number of amidine groups is 1.